The Bertz CT molecular complexity index is 98.3. The average Bonchev–Trinajstić information content (AvgIpc) is 1.88. The van der Waals surface area contributed by atoms with Crippen LogP contribution in [-0.2, 0) is 9.47 Å². The monoisotopic (exact) mass is 161 g/mol. The number of hydrogen-bond donors (Lipinski definition) is 0. The molecule has 0 radical (unpaired) electrons. The molecule has 0 fully saturated rings. The van der Waals surface area contributed by atoms with Crippen LogP contribution in [0.3, 0.4) is 0 Å². The van der Waals surface area contributed by atoms with E-state index in [0.717, 1.165) is 0 Å². The Morgan fingerprint density at radius 1 is 1.09 bits per heavy atom. The molecule has 0 rings (SSSR count). The Labute approximate surface area is 69.3 Å². The van der Waals surface area contributed by atoms with Gasteiger partial charge in [-0.15, -0.1) is 0 Å². The first-order valence-corrected chi connectivity index (χ1v) is 3.72. The van der Waals surface area contributed by atoms with E-state index in [9.17, 15) is 0 Å². The molecule has 0 aliphatic heterocycles. The van der Waals surface area contributed by atoms with Gasteiger partial charge in [0.25, 0.3) is 0 Å². The quantitative estimate of drug-likeness (QED) is 0.589. The van der Waals surface area contributed by atoms with E-state index < -0.39 is 0 Å². The largest absolute Gasteiger partial charge is 0.383 e. The van der Waals surface area contributed by atoms with Crippen molar-refractivity contribution in [2.75, 3.05) is 41.5 Å². The lowest BCUT2D eigenvalue weighted by Gasteiger charge is -2.34. The van der Waals surface area contributed by atoms with E-state index in [0.29, 0.717) is 13.2 Å². The molecule has 68 valence electrons. The summed E-state index contributed by atoms with van der Waals surface area (Å²) in [5.41, 5.74) is -0.0104. The van der Waals surface area contributed by atoms with E-state index in [1.54, 1.807) is 14.2 Å². The maximum Gasteiger partial charge on any atom is 0.0666 e. The van der Waals surface area contributed by atoms with E-state index in [-0.39, 0.29) is 5.54 Å². The summed E-state index contributed by atoms with van der Waals surface area (Å²) < 4.78 is 10.2. The molecule has 3 heteroatoms. The molecule has 0 aromatic rings. The summed E-state index contributed by atoms with van der Waals surface area (Å²) in [6.07, 6.45) is 0. The van der Waals surface area contributed by atoms with E-state index in [4.69, 9.17) is 9.47 Å². The molecule has 0 bridgehead atoms. The highest BCUT2D eigenvalue weighted by molar-refractivity contribution is 4.81. The third kappa shape index (κ3) is 3.18. The van der Waals surface area contributed by atoms with Crippen molar-refractivity contribution in [2.24, 2.45) is 0 Å². The van der Waals surface area contributed by atoms with Gasteiger partial charge in [0.2, 0.25) is 0 Å². The summed E-state index contributed by atoms with van der Waals surface area (Å²) in [6.45, 7) is 3.49. The lowest BCUT2D eigenvalue weighted by molar-refractivity contribution is -0.00442. The second-order valence-corrected chi connectivity index (χ2v) is 3.26. The first-order chi connectivity index (χ1) is 5.06. The van der Waals surface area contributed by atoms with Gasteiger partial charge in [0.15, 0.2) is 0 Å². The molecule has 0 aromatic heterocycles. The van der Waals surface area contributed by atoms with E-state index in [1.807, 2.05) is 14.1 Å². The minimum atomic E-state index is -0.0104. The van der Waals surface area contributed by atoms with Crippen molar-refractivity contribution in [2.45, 2.75) is 12.5 Å². The van der Waals surface area contributed by atoms with Crippen LogP contribution in [0, 0.1) is 0 Å². The fraction of sp³-hybridized carbons (Fsp3) is 1.00. The molecular weight excluding hydrogens is 142 g/mol. The fourth-order valence-corrected chi connectivity index (χ4v) is 0.922. The molecule has 0 aliphatic carbocycles. The van der Waals surface area contributed by atoms with Gasteiger partial charge >= 0.3 is 0 Å². The van der Waals surface area contributed by atoms with Crippen molar-refractivity contribution in [3.05, 3.63) is 0 Å². The Balaban J connectivity index is 4.01. The van der Waals surface area contributed by atoms with Gasteiger partial charge in [-0.05, 0) is 21.0 Å². The van der Waals surface area contributed by atoms with E-state index >= 15 is 0 Å². The Morgan fingerprint density at radius 2 is 1.45 bits per heavy atom. The smallest absolute Gasteiger partial charge is 0.0666 e. The second-order valence-electron chi connectivity index (χ2n) is 3.26. The van der Waals surface area contributed by atoms with Gasteiger partial charge in [0, 0.05) is 14.2 Å². The molecule has 0 amide bonds. The van der Waals surface area contributed by atoms with Gasteiger partial charge < -0.3 is 9.47 Å². The number of rotatable bonds is 5. The van der Waals surface area contributed by atoms with Crippen molar-refractivity contribution in [1.82, 2.24) is 4.90 Å². The zero-order chi connectivity index (χ0) is 8.91. The summed E-state index contributed by atoms with van der Waals surface area (Å²) >= 11 is 0. The minimum absolute atomic E-state index is 0.0104. The maximum atomic E-state index is 5.10. The predicted molar refractivity (Wildman–Crippen MR) is 45.8 cm³/mol. The van der Waals surface area contributed by atoms with Gasteiger partial charge in [-0.25, -0.2) is 0 Å². The zero-order valence-electron chi connectivity index (χ0n) is 8.18. The number of hydrogen-bond acceptors (Lipinski definition) is 3. The lowest BCUT2D eigenvalue weighted by Crippen LogP contribution is -2.48. The summed E-state index contributed by atoms with van der Waals surface area (Å²) in [5, 5.41) is 0. The van der Waals surface area contributed by atoms with Crippen LogP contribution < -0.4 is 0 Å². The van der Waals surface area contributed by atoms with Crippen molar-refractivity contribution < 1.29 is 9.47 Å². The maximum absolute atomic E-state index is 5.10. The van der Waals surface area contributed by atoms with Gasteiger partial charge in [-0.3, -0.25) is 4.90 Å². The highest BCUT2D eigenvalue weighted by Gasteiger charge is 2.26. The normalized spacial score (nSPS) is 12.5. The second kappa shape index (κ2) is 4.70. The minimum Gasteiger partial charge on any atom is -0.383 e. The average molecular weight is 161 g/mol. The highest BCUT2D eigenvalue weighted by Crippen LogP contribution is 2.11. The molecule has 3 nitrogen and oxygen atoms in total. The van der Waals surface area contributed by atoms with Crippen LogP contribution in [0.4, 0.5) is 0 Å². The Kier molecular flexibility index (Phi) is 4.65. The van der Waals surface area contributed by atoms with Crippen LogP contribution in [0.15, 0.2) is 0 Å². The fourth-order valence-electron chi connectivity index (χ4n) is 0.922. The highest BCUT2D eigenvalue weighted by atomic mass is 16.5. The molecule has 0 unspecified atom stereocenters. The molecule has 11 heavy (non-hydrogen) atoms. The van der Waals surface area contributed by atoms with Gasteiger partial charge in [0.05, 0.1) is 18.8 Å². The van der Waals surface area contributed by atoms with Gasteiger partial charge in [-0.1, -0.05) is 0 Å². The molecule has 0 aliphatic rings. The molecule has 0 atom stereocenters. The van der Waals surface area contributed by atoms with E-state index in [2.05, 4.69) is 11.8 Å². The summed E-state index contributed by atoms with van der Waals surface area (Å²) in [6, 6.07) is 0. The number of methoxy groups -OCH3 is 2. The van der Waals surface area contributed by atoms with Crippen LogP contribution in [-0.4, -0.2) is 52.0 Å². The Morgan fingerprint density at radius 3 is 1.64 bits per heavy atom. The lowest BCUT2D eigenvalue weighted by atomic mass is 10.0. The van der Waals surface area contributed by atoms with Crippen molar-refractivity contribution >= 4 is 0 Å². The first-order valence-electron chi connectivity index (χ1n) is 3.72. The van der Waals surface area contributed by atoms with E-state index in [1.165, 1.54) is 0 Å². The molecule has 0 aromatic carbocycles. The summed E-state index contributed by atoms with van der Waals surface area (Å²) in [5.74, 6) is 0. The molecule has 0 N–H and O–H groups in total. The van der Waals surface area contributed by atoms with Crippen molar-refractivity contribution in [1.29, 1.82) is 0 Å². The SMILES string of the molecule is COCC(C)(COC)N(C)C. The number of likely N-dealkylation sites (N-methyl/N-ethyl adjacent to an activating group) is 1. The third-order valence-electron chi connectivity index (χ3n) is 1.99. The van der Waals surface area contributed by atoms with Crippen LogP contribution in [0.25, 0.3) is 0 Å². The molecular formula is C8H19NO2. The molecule has 0 heterocycles. The number of nitrogens with zero attached hydrogens (tertiary/aromatic N) is 1. The standard InChI is InChI=1S/C8H19NO2/c1-8(6-10-4,7-11-5)9(2)3/h6-7H2,1-5H3. The number of ether oxygens (including phenoxy) is 2. The van der Waals surface area contributed by atoms with Crippen LogP contribution >= 0.6 is 0 Å². The van der Waals surface area contributed by atoms with Crippen molar-refractivity contribution in [3.8, 4) is 0 Å². The van der Waals surface area contributed by atoms with Crippen LogP contribution in [0.2, 0.25) is 0 Å². The molecule has 0 saturated heterocycles. The molecule has 0 spiro atoms. The van der Waals surface area contributed by atoms with Crippen molar-refractivity contribution in [3.63, 3.8) is 0 Å². The molecule has 0 saturated carbocycles. The summed E-state index contributed by atoms with van der Waals surface area (Å²) in [4.78, 5) is 2.11. The summed E-state index contributed by atoms with van der Waals surface area (Å²) in [7, 11) is 7.46. The van der Waals surface area contributed by atoms with Gasteiger partial charge in [0.1, 0.15) is 0 Å². The Hall–Kier alpha value is -0.120. The predicted octanol–water partition coefficient (Wildman–Crippen LogP) is 0.600. The van der Waals surface area contributed by atoms with Crippen LogP contribution in [0.5, 0.6) is 0 Å². The topological polar surface area (TPSA) is 21.7 Å². The van der Waals surface area contributed by atoms with Crippen LogP contribution in [0.1, 0.15) is 6.92 Å². The zero-order valence-corrected chi connectivity index (χ0v) is 8.18. The third-order valence-corrected chi connectivity index (χ3v) is 1.99. The first kappa shape index (κ1) is 10.9. The van der Waals surface area contributed by atoms with Gasteiger partial charge in [-0.2, -0.15) is 0 Å².